The molecule has 7 heteroatoms. The highest BCUT2D eigenvalue weighted by atomic mass is 19.1. The number of nitro groups is 1. The number of anilines is 1. The van der Waals surface area contributed by atoms with E-state index in [1.807, 2.05) is 0 Å². The van der Waals surface area contributed by atoms with Crippen molar-refractivity contribution in [2.45, 2.75) is 19.8 Å². The number of hydrogen-bond donors (Lipinski definition) is 2. The molecule has 2 N–H and O–H groups in total. The van der Waals surface area contributed by atoms with Crippen molar-refractivity contribution in [2.75, 3.05) is 11.9 Å². The third-order valence-corrected chi connectivity index (χ3v) is 2.36. The van der Waals surface area contributed by atoms with Gasteiger partial charge in [-0.1, -0.05) is 0 Å². The number of nitro benzene ring substituents is 1. The minimum Gasteiger partial charge on any atom is -0.481 e. The Morgan fingerprint density at radius 1 is 1.56 bits per heavy atom. The number of carbonyl (C=O) groups is 1. The Balaban J connectivity index is 2.77. The van der Waals surface area contributed by atoms with Gasteiger partial charge in [0.25, 0.3) is 5.69 Å². The average Bonchev–Trinajstić information content (AvgIpc) is 2.28. The van der Waals surface area contributed by atoms with Crippen LogP contribution in [-0.2, 0) is 4.79 Å². The maximum absolute atomic E-state index is 13.2. The lowest BCUT2D eigenvalue weighted by Crippen LogP contribution is -2.07. The molecule has 0 fully saturated rings. The first-order chi connectivity index (χ1) is 8.41. The fourth-order valence-corrected chi connectivity index (χ4v) is 1.43. The van der Waals surface area contributed by atoms with Crippen LogP contribution in [0.25, 0.3) is 0 Å². The van der Waals surface area contributed by atoms with Gasteiger partial charge < -0.3 is 10.4 Å². The largest absolute Gasteiger partial charge is 0.481 e. The van der Waals surface area contributed by atoms with Gasteiger partial charge in [-0.15, -0.1) is 0 Å². The molecular formula is C11H13FN2O4. The molecule has 1 aromatic carbocycles. The van der Waals surface area contributed by atoms with Crippen LogP contribution >= 0.6 is 0 Å². The van der Waals surface area contributed by atoms with E-state index in [2.05, 4.69) is 5.32 Å². The van der Waals surface area contributed by atoms with Gasteiger partial charge in [0.05, 0.1) is 11.0 Å². The number of benzene rings is 1. The molecule has 0 spiro atoms. The van der Waals surface area contributed by atoms with E-state index >= 15 is 0 Å². The Kier molecular flexibility index (Phi) is 4.59. The second-order valence-corrected chi connectivity index (χ2v) is 3.80. The summed E-state index contributed by atoms with van der Waals surface area (Å²) in [6, 6.07) is 2.20. The summed E-state index contributed by atoms with van der Waals surface area (Å²) < 4.78 is 13.2. The first-order valence-corrected chi connectivity index (χ1v) is 5.32. The zero-order valence-corrected chi connectivity index (χ0v) is 9.77. The molecular weight excluding hydrogens is 243 g/mol. The van der Waals surface area contributed by atoms with E-state index in [9.17, 15) is 19.3 Å². The number of halogens is 1. The second-order valence-electron chi connectivity index (χ2n) is 3.80. The molecule has 0 heterocycles. The van der Waals surface area contributed by atoms with Crippen LogP contribution in [-0.4, -0.2) is 22.5 Å². The first kappa shape index (κ1) is 13.9. The van der Waals surface area contributed by atoms with E-state index < -0.39 is 16.7 Å². The number of aryl methyl sites for hydroxylation is 1. The van der Waals surface area contributed by atoms with Gasteiger partial charge in [-0.05, 0) is 25.0 Å². The Hall–Kier alpha value is -2.18. The van der Waals surface area contributed by atoms with Gasteiger partial charge in [-0.25, -0.2) is 4.39 Å². The molecule has 0 aliphatic carbocycles. The van der Waals surface area contributed by atoms with Crippen LogP contribution in [0.2, 0.25) is 0 Å². The molecule has 6 nitrogen and oxygen atoms in total. The SMILES string of the molecule is Cc1cc(NCCCC(=O)O)c([N+](=O)[O-])cc1F. The fraction of sp³-hybridized carbons (Fsp3) is 0.364. The summed E-state index contributed by atoms with van der Waals surface area (Å²) in [5.74, 6) is -1.57. The lowest BCUT2D eigenvalue weighted by atomic mass is 10.1. The third kappa shape index (κ3) is 3.69. The molecule has 18 heavy (non-hydrogen) atoms. The number of aliphatic carboxylic acids is 1. The summed E-state index contributed by atoms with van der Waals surface area (Å²) in [5.41, 5.74) is 0.138. The van der Waals surface area contributed by atoms with Gasteiger partial charge in [0, 0.05) is 13.0 Å². The summed E-state index contributed by atoms with van der Waals surface area (Å²) in [4.78, 5) is 20.4. The number of rotatable bonds is 6. The molecule has 1 aromatic rings. The van der Waals surface area contributed by atoms with Crippen LogP contribution in [0.3, 0.4) is 0 Å². The molecule has 0 aliphatic heterocycles. The van der Waals surface area contributed by atoms with Crippen LogP contribution in [0.1, 0.15) is 18.4 Å². The molecule has 0 unspecified atom stereocenters. The molecule has 0 saturated heterocycles. The Labute approximate surface area is 103 Å². The zero-order valence-electron chi connectivity index (χ0n) is 9.77. The van der Waals surface area contributed by atoms with Crippen molar-refractivity contribution >= 4 is 17.3 Å². The number of hydrogen-bond acceptors (Lipinski definition) is 4. The Bertz CT molecular complexity index is 476. The van der Waals surface area contributed by atoms with E-state index in [1.54, 1.807) is 0 Å². The highest BCUT2D eigenvalue weighted by Gasteiger charge is 2.16. The third-order valence-electron chi connectivity index (χ3n) is 2.36. The van der Waals surface area contributed by atoms with Crippen LogP contribution < -0.4 is 5.32 Å². The Morgan fingerprint density at radius 3 is 2.78 bits per heavy atom. The number of carboxylic acids is 1. The topological polar surface area (TPSA) is 92.5 Å². The normalized spacial score (nSPS) is 10.1. The highest BCUT2D eigenvalue weighted by Crippen LogP contribution is 2.27. The van der Waals surface area contributed by atoms with Crippen LogP contribution in [0.4, 0.5) is 15.8 Å². The van der Waals surface area contributed by atoms with E-state index in [1.165, 1.54) is 13.0 Å². The summed E-state index contributed by atoms with van der Waals surface area (Å²) in [6.07, 6.45) is 0.309. The predicted octanol–water partition coefficient (Wildman–Crippen LogP) is 2.32. The van der Waals surface area contributed by atoms with Gasteiger partial charge in [-0.2, -0.15) is 0 Å². The first-order valence-electron chi connectivity index (χ1n) is 5.32. The smallest absolute Gasteiger partial charge is 0.303 e. The summed E-state index contributed by atoms with van der Waals surface area (Å²) in [7, 11) is 0. The highest BCUT2D eigenvalue weighted by molar-refractivity contribution is 5.67. The number of carboxylic acid groups (broad SMARTS) is 1. The maximum atomic E-state index is 13.2. The quantitative estimate of drug-likeness (QED) is 0.463. The van der Waals surface area contributed by atoms with Gasteiger partial charge in [0.1, 0.15) is 11.5 Å². The van der Waals surface area contributed by atoms with Crippen molar-refractivity contribution in [2.24, 2.45) is 0 Å². The predicted molar refractivity (Wildman–Crippen MR) is 63.2 cm³/mol. The molecule has 98 valence electrons. The second kappa shape index (κ2) is 5.95. The van der Waals surface area contributed by atoms with Crippen molar-refractivity contribution < 1.29 is 19.2 Å². The van der Waals surface area contributed by atoms with E-state index in [4.69, 9.17) is 5.11 Å². The van der Waals surface area contributed by atoms with Crippen LogP contribution in [0.15, 0.2) is 12.1 Å². The lowest BCUT2D eigenvalue weighted by Gasteiger charge is -2.07. The molecule has 0 aliphatic rings. The van der Waals surface area contributed by atoms with Crippen LogP contribution in [0.5, 0.6) is 0 Å². The molecule has 0 amide bonds. The minimum atomic E-state index is -0.929. The van der Waals surface area contributed by atoms with Crippen molar-refractivity contribution in [3.05, 3.63) is 33.6 Å². The van der Waals surface area contributed by atoms with E-state index in [-0.39, 0.29) is 24.3 Å². The average molecular weight is 256 g/mol. The van der Waals surface area contributed by atoms with Crippen molar-refractivity contribution in [3.8, 4) is 0 Å². The number of nitrogens with zero attached hydrogens (tertiary/aromatic N) is 1. The van der Waals surface area contributed by atoms with Gasteiger partial charge in [-0.3, -0.25) is 14.9 Å². The monoisotopic (exact) mass is 256 g/mol. The fourth-order valence-electron chi connectivity index (χ4n) is 1.43. The van der Waals surface area contributed by atoms with Gasteiger partial charge in [0.15, 0.2) is 0 Å². The lowest BCUT2D eigenvalue weighted by molar-refractivity contribution is -0.384. The molecule has 1 rings (SSSR count). The summed E-state index contributed by atoms with van der Waals surface area (Å²) in [6.45, 7) is 1.78. The molecule has 0 radical (unpaired) electrons. The van der Waals surface area contributed by atoms with Gasteiger partial charge >= 0.3 is 5.97 Å². The van der Waals surface area contributed by atoms with Crippen molar-refractivity contribution in [3.63, 3.8) is 0 Å². The zero-order chi connectivity index (χ0) is 13.7. The van der Waals surface area contributed by atoms with Crippen molar-refractivity contribution in [1.29, 1.82) is 0 Å². The molecule has 0 atom stereocenters. The Morgan fingerprint density at radius 2 is 2.22 bits per heavy atom. The molecule has 0 saturated carbocycles. The van der Waals surface area contributed by atoms with Crippen LogP contribution in [0, 0.1) is 22.9 Å². The summed E-state index contributed by atoms with van der Waals surface area (Å²) in [5, 5.41) is 21.9. The minimum absolute atomic E-state index is 0.0268. The van der Waals surface area contributed by atoms with Gasteiger partial charge in [0.2, 0.25) is 0 Å². The standard InChI is InChI=1S/C11H13FN2O4/c1-7-5-9(13-4-2-3-11(15)16)10(14(17)18)6-8(7)12/h5-6,13H,2-4H2,1H3,(H,15,16). The summed E-state index contributed by atoms with van der Waals surface area (Å²) >= 11 is 0. The van der Waals surface area contributed by atoms with Crippen molar-refractivity contribution in [1.82, 2.24) is 0 Å². The molecule has 0 bridgehead atoms. The van der Waals surface area contributed by atoms with E-state index in [0.717, 1.165) is 6.07 Å². The van der Waals surface area contributed by atoms with E-state index in [0.29, 0.717) is 12.0 Å². The molecule has 0 aromatic heterocycles. The maximum Gasteiger partial charge on any atom is 0.303 e. The number of nitrogens with one attached hydrogen (secondary N) is 1.